The number of imidazole rings is 1. The van der Waals surface area contributed by atoms with Crippen molar-refractivity contribution >= 4 is 46.6 Å². The number of aromatic nitrogens is 4. The van der Waals surface area contributed by atoms with E-state index in [1.54, 1.807) is 9.25 Å². The second-order valence-electron chi connectivity index (χ2n) is 4.58. The Morgan fingerprint density at radius 3 is 2.52 bits per heavy atom. The topological polar surface area (TPSA) is 38.5 Å². The van der Waals surface area contributed by atoms with Crippen LogP contribution in [0.25, 0.3) is 16.9 Å². The molecule has 3 rings (SSSR count). The molecule has 0 unspecified atom stereocenters. The van der Waals surface area contributed by atoms with Crippen LogP contribution in [0.2, 0.25) is 10.0 Å². The average Bonchev–Trinajstić information content (AvgIpc) is 2.87. The highest BCUT2D eigenvalue weighted by Gasteiger charge is 2.19. The summed E-state index contributed by atoms with van der Waals surface area (Å²) in [6.45, 7) is 4.52. The molecular weight excluding hydrogens is 334 g/mol. The quantitative estimate of drug-likeness (QED) is 0.686. The van der Waals surface area contributed by atoms with Crippen LogP contribution < -0.4 is 0 Å². The van der Waals surface area contributed by atoms with Gasteiger partial charge in [0.1, 0.15) is 11.3 Å². The zero-order chi connectivity index (χ0) is 15.3. The number of nitrogens with one attached hydrogen (secondary N) is 1. The first-order chi connectivity index (χ1) is 9.93. The van der Waals surface area contributed by atoms with Gasteiger partial charge in [0.05, 0.1) is 21.4 Å². The van der Waals surface area contributed by atoms with Crippen molar-refractivity contribution in [2.24, 2.45) is 0 Å². The van der Waals surface area contributed by atoms with Gasteiger partial charge >= 0.3 is 0 Å². The molecule has 2 heterocycles. The summed E-state index contributed by atoms with van der Waals surface area (Å²) in [6.07, 6.45) is 0. The molecule has 3 aromatic rings. The van der Waals surface area contributed by atoms with Crippen LogP contribution in [0, 0.1) is 17.5 Å². The highest BCUT2D eigenvalue weighted by atomic mass is 35.5. The van der Waals surface area contributed by atoms with Crippen LogP contribution in [0.3, 0.4) is 0 Å². The summed E-state index contributed by atoms with van der Waals surface area (Å²) >= 11 is 17.7. The van der Waals surface area contributed by atoms with Gasteiger partial charge in [-0.15, -0.1) is 0 Å². The lowest BCUT2D eigenvalue weighted by atomic mass is 10.3. The van der Waals surface area contributed by atoms with Crippen molar-refractivity contribution in [2.45, 2.75) is 20.4 Å². The minimum absolute atomic E-state index is 0.193. The van der Waals surface area contributed by atoms with E-state index in [1.165, 1.54) is 12.1 Å². The predicted molar refractivity (Wildman–Crippen MR) is 84.6 cm³/mol. The molecule has 2 aromatic heterocycles. The standard InChI is InChI=1S/C13H11Cl2FN4S/c1-3-19-12-10(6(2)18-19)17-13(21)20(12)11-8(14)4-7(16)5-9(11)15/h4-5H,3H2,1-2H3,(H,17,21). The second-order valence-corrected chi connectivity index (χ2v) is 5.78. The van der Waals surface area contributed by atoms with E-state index in [1.807, 2.05) is 13.8 Å². The van der Waals surface area contributed by atoms with Crippen LogP contribution in [-0.2, 0) is 6.54 Å². The Labute approximate surface area is 135 Å². The van der Waals surface area contributed by atoms with E-state index in [-0.39, 0.29) is 10.0 Å². The highest BCUT2D eigenvalue weighted by molar-refractivity contribution is 7.71. The third-order valence-electron chi connectivity index (χ3n) is 3.25. The number of rotatable bonds is 2. The molecule has 110 valence electrons. The first-order valence-electron chi connectivity index (χ1n) is 6.27. The van der Waals surface area contributed by atoms with Crippen molar-refractivity contribution in [3.63, 3.8) is 0 Å². The summed E-state index contributed by atoms with van der Waals surface area (Å²) in [5, 5.41) is 4.82. The van der Waals surface area contributed by atoms with Crippen LogP contribution in [-0.4, -0.2) is 19.3 Å². The first-order valence-corrected chi connectivity index (χ1v) is 7.43. The van der Waals surface area contributed by atoms with Gasteiger partial charge in [-0.1, -0.05) is 23.2 Å². The molecule has 21 heavy (non-hydrogen) atoms. The maximum Gasteiger partial charge on any atom is 0.184 e. The number of hydrogen-bond donors (Lipinski definition) is 1. The van der Waals surface area contributed by atoms with E-state index in [0.717, 1.165) is 16.9 Å². The smallest absolute Gasteiger partial charge is 0.184 e. The minimum Gasteiger partial charge on any atom is -0.327 e. The summed E-state index contributed by atoms with van der Waals surface area (Å²) in [4.78, 5) is 3.10. The molecule has 8 heteroatoms. The molecular formula is C13H11Cl2FN4S. The number of benzene rings is 1. The molecule has 0 spiro atoms. The van der Waals surface area contributed by atoms with Gasteiger partial charge in [0.2, 0.25) is 0 Å². The van der Waals surface area contributed by atoms with E-state index in [2.05, 4.69) is 10.1 Å². The summed E-state index contributed by atoms with van der Waals surface area (Å²) in [6, 6.07) is 2.42. The molecule has 1 aromatic carbocycles. The lowest BCUT2D eigenvalue weighted by molar-refractivity contribution is 0.627. The van der Waals surface area contributed by atoms with Gasteiger partial charge in [-0.2, -0.15) is 5.10 Å². The van der Waals surface area contributed by atoms with E-state index < -0.39 is 5.82 Å². The fraction of sp³-hybridized carbons (Fsp3) is 0.231. The number of fused-ring (bicyclic) bond motifs is 1. The molecule has 4 nitrogen and oxygen atoms in total. The Bertz CT molecular complexity index is 886. The van der Waals surface area contributed by atoms with Crippen LogP contribution in [0.1, 0.15) is 12.6 Å². The second kappa shape index (κ2) is 5.12. The summed E-state index contributed by atoms with van der Waals surface area (Å²) in [5.74, 6) is -0.493. The molecule has 0 amide bonds. The Kier molecular flexibility index (Phi) is 3.55. The van der Waals surface area contributed by atoms with Crippen LogP contribution >= 0.6 is 35.4 Å². The number of aromatic amines is 1. The van der Waals surface area contributed by atoms with Gasteiger partial charge in [0.15, 0.2) is 10.4 Å². The van der Waals surface area contributed by atoms with Crippen molar-refractivity contribution in [3.8, 4) is 5.69 Å². The number of aryl methyl sites for hydroxylation is 2. The fourth-order valence-corrected chi connectivity index (χ4v) is 3.29. The summed E-state index contributed by atoms with van der Waals surface area (Å²) in [5.41, 5.74) is 2.85. The van der Waals surface area contributed by atoms with Gasteiger partial charge in [-0.25, -0.2) is 9.07 Å². The third-order valence-corrected chi connectivity index (χ3v) is 4.11. The molecule has 0 fully saturated rings. The van der Waals surface area contributed by atoms with E-state index in [0.29, 0.717) is 17.0 Å². The fourth-order valence-electron chi connectivity index (χ4n) is 2.38. The molecule has 0 saturated heterocycles. The largest absolute Gasteiger partial charge is 0.327 e. The van der Waals surface area contributed by atoms with E-state index in [4.69, 9.17) is 35.4 Å². The highest BCUT2D eigenvalue weighted by Crippen LogP contribution is 2.33. The van der Waals surface area contributed by atoms with Gasteiger partial charge in [-0.05, 0) is 38.2 Å². The molecule has 0 aliphatic rings. The lowest BCUT2D eigenvalue weighted by Crippen LogP contribution is -2.05. The lowest BCUT2D eigenvalue weighted by Gasteiger charge is -2.10. The van der Waals surface area contributed by atoms with Crippen molar-refractivity contribution in [1.29, 1.82) is 0 Å². The zero-order valence-corrected chi connectivity index (χ0v) is 13.6. The normalized spacial score (nSPS) is 11.5. The SMILES string of the molecule is CCn1nc(C)c2[nH]c(=S)n(-c3c(Cl)cc(F)cc3Cl)c21. The molecule has 0 bridgehead atoms. The first kappa shape index (κ1) is 14.6. The molecule has 0 radical (unpaired) electrons. The maximum absolute atomic E-state index is 13.4. The number of nitrogens with zero attached hydrogens (tertiary/aromatic N) is 3. The number of hydrogen-bond acceptors (Lipinski definition) is 2. The Balaban J connectivity index is 2.46. The predicted octanol–water partition coefficient (Wildman–Crippen LogP) is 4.66. The van der Waals surface area contributed by atoms with Crippen molar-refractivity contribution in [2.75, 3.05) is 0 Å². The van der Waals surface area contributed by atoms with Gasteiger partial charge in [0, 0.05) is 6.54 Å². The zero-order valence-electron chi connectivity index (χ0n) is 11.2. The van der Waals surface area contributed by atoms with Crippen LogP contribution in [0.15, 0.2) is 12.1 Å². The number of halogens is 3. The third kappa shape index (κ3) is 2.18. The Hall–Kier alpha value is -1.37. The number of H-pyrrole nitrogens is 1. The van der Waals surface area contributed by atoms with Gasteiger partial charge < -0.3 is 4.98 Å². The summed E-state index contributed by atoms with van der Waals surface area (Å²) in [7, 11) is 0. The van der Waals surface area contributed by atoms with E-state index in [9.17, 15) is 4.39 Å². The molecule has 0 aliphatic carbocycles. The Morgan fingerprint density at radius 2 is 1.95 bits per heavy atom. The summed E-state index contributed by atoms with van der Waals surface area (Å²) < 4.78 is 17.3. The van der Waals surface area contributed by atoms with Crippen LogP contribution in [0.5, 0.6) is 0 Å². The van der Waals surface area contributed by atoms with E-state index >= 15 is 0 Å². The monoisotopic (exact) mass is 344 g/mol. The molecule has 1 N–H and O–H groups in total. The van der Waals surface area contributed by atoms with Crippen LogP contribution in [0.4, 0.5) is 4.39 Å². The minimum atomic E-state index is -0.493. The molecule has 0 saturated carbocycles. The maximum atomic E-state index is 13.4. The van der Waals surface area contributed by atoms with Gasteiger partial charge in [0.25, 0.3) is 0 Å². The van der Waals surface area contributed by atoms with Crippen molar-refractivity contribution in [3.05, 3.63) is 38.5 Å². The van der Waals surface area contributed by atoms with Crippen molar-refractivity contribution < 1.29 is 4.39 Å². The Morgan fingerprint density at radius 1 is 1.33 bits per heavy atom. The van der Waals surface area contributed by atoms with Gasteiger partial charge in [-0.3, -0.25) is 4.57 Å². The molecule has 0 aliphatic heterocycles. The van der Waals surface area contributed by atoms with Crippen molar-refractivity contribution in [1.82, 2.24) is 19.3 Å². The average molecular weight is 345 g/mol. The molecule has 0 atom stereocenters.